The molecule has 170 valence electrons. The number of phenols is 2. The van der Waals surface area contributed by atoms with Crippen molar-refractivity contribution in [3.63, 3.8) is 0 Å². The first-order valence-electron chi connectivity index (χ1n) is 10.5. The molecule has 5 nitrogen and oxygen atoms in total. The third-order valence-corrected chi connectivity index (χ3v) is 4.97. The molecular weight excluding hydrogens is 404 g/mol. The molecule has 0 bridgehead atoms. The third-order valence-electron chi connectivity index (χ3n) is 4.97. The Morgan fingerprint density at radius 3 is 2.19 bits per heavy atom. The van der Waals surface area contributed by atoms with Crippen LogP contribution in [-0.4, -0.2) is 30.2 Å². The van der Waals surface area contributed by atoms with Gasteiger partial charge in [-0.25, -0.2) is 0 Å². The lowest BCUT2D eigenvalue weighted by molar-refractivity contribution is 0.104. The van der Waals surface area contributed by atoms with Crippen LogP contribution in [0.3, 0.4) is 0 Å². The smallest absolute Gasteiger partial charge is 0.189 e. The summed E-state index contributed by atoms with van der Waals surface area (Å²) >= 11 is 0. The quantitative estimate of drug-likeness (QED) is 0.285. The maximum absolute atomic E-state index is 13.0. The van der Waals surface area contributed by atoms with E-state index in [2.05, 4.69) is 6.08 Å². The van der Waals surface area contributed by atoms with Gasteiger partial charge < -0.3 is 19.7 Å². The molecule has 2 rings (SSSR count). The molecule has 0 atom stereocenters. The van der Waals surface area contributed by atoms with Gasteiger partial charge in [0.15, 0.2) is 17.3 Å². The van der Waals surface area contributed by atoms with Crippen molar-refractivity contribution in [2.24, 2.45) is 0 Å². The topological polar surface area (TPSA) is 76.0 Å². The number of carbonyl (C=O) groups is 1. The molecule has 0 aromatic heterocycles. The average Bonchev–Trinajstić information content (AvgIpc) is 2.75. The van der Waals surface area contributed by atoms with Gasteiger partial charge in [-0.05, 0) is 75.9 Å². The van der Waals surface area contributed by atoms with Crippen molar-refractivity contribution in [2.75, 3.05) is 14.2 Å². The summed E-state index contributed by atoms with van der Waals surface area (Å²) in [6.07, 6.45) is 8.13. The molecule has 5 heteroatoms. The SMILES string of the molecule is COc1cc(/C=C/C(=O)c2cc(CC=C(C)C)c(OC)c(CC=C(C)C)c2O)ccc1O. The predicted octanol–water partition coefficient (Wildman–Crippen LogP) is 6.03. The lowest BCUT2D eigenvalue weighted by Crippen LogP contribution is -2.04. The first-order chi connectivity index (χ1) is 15.2. The van der Waals surface area contributed by atoms with Crippen LogP contribution in [0.15, 0.2) is 53.6 Å². The van der Waals surface area contributed by atoms with Gasteiger partial charge in [-0.3, -0.25) is 4.79 Å². The second kappa shape index (κ2) is 11.2. The number of benzene rings is 2. The molecule has 0 amide bonds. The molecule has 0 radical (unpaired) electrons. The molecule has 0 fully saturated rings. The van der Waals surface area contributed by atoms with E-state index in [1.54, 1.807) is 31.4 Å². The van der Waals surface area contributed by atoms with Gasteiger partial charge in [0.1, 0.15) is 11.5 Å². The highest BCUT2D eigenvalue weighted by Gasteiger charge is 2.20. The zero-order valence-electron chi connectivity index (χ0n) is 19.7. The van der Waals surface area contributed by atoms with E-state index in [4.69, 9.17) is 9.47 Å². The Morgan fingerprint density at radius 2 is 1.59 bits per heavy atom. The number of ether oxygens (including phenoxy) is 2. The van der Waals surface area contributed by atoms with Crippen LogP contribution in [0.4, 0.5) is 0 Å². The van der Waals surface area contributed by atoms with Crippen LogP contribution in [0, 0.1) is 0 Å². The number of methoxy groups -OCH3 is 2. The fourth-order valence-corrected chi connectivity index (χ4v) is 3.24. The molecule has 0 saturated carbocycles. The van der Waals surface area contributed by atoms with Gasteiger partial charge in [-0.15, -0.1) is 0 Å². The summed E-state index contributed by atoms with van der Waals surface area (Å²) in [5.74, 6) is 0.546. The molecule has 0 aliphatic rings. The molecule has 0 unspecified atom stereocenters. The second-order valence-electron chi connectivity index (χ2n) is 8.04. The van der Waals surface area contributed by atoms with Crippen molar-refractivity contribution >= 4 is 11.9 Å². The van der Waals surface area contributed by atoms with Crippen LogP contribution < -0.4 is 9.47 Å². The van der Waals surface area contributed by atoms with Crippen LogP contribution in [-0.2, 0) is 12.8 Å². The van der Waals surface area contributed by atoms with Gasteiger partial charge in [-0.2, -0.15) is 0 Å². The lowest BCUT2D eigenvalue weighted by atomic mass is 9.94. The highest BCUT2D eigenvalue weighted by atomic mass is 16.5. The Bertz CT molecular complexity index is 1070. The van der Waals surface area contributed by atoms with Crippen molar-refractivity contribution in [2.45, 2.75) is 40.5 Å². The number of allylic oxidation sites excluding steroid dienone is 5. The van der Waals surface area contributed by atoms with Crippen molar-refractivity contribution in [3.8, 4) is 23.0 Å². The van der Waals surface area contributed by atoms with Crippen molar-refractivity contribution in [1.29, 1.82) is 0 Å². The summed E-state index contributed by atoms with van der Waals surface area (Å²) in [5.41, 5.74) is 4.61. The van der Waals surface area contributed by atoms with E-state index in [9.17, 15) is 15.0 Å². The van der Waals surface area contributed by atoms with Gasteiger partial charge in [-0.1, -0.05) is 35.4 Å². The van der Waals surface area contributed by atoms with E-state index in [-0.39, 0.29) is 22.8 Å². The first kappa shape index (κ1) is 24.8. The van der Waals surface area contributed by atoms with Crippen LogP contribution in [0.5, 0.6) is 23.0 Å². The Labute approximate surface area is 190 Å². The zero-order valence-corrected chi connectivity index (χ0v) is 19.7. The predicted molar refractivity (Wildman–Crippen MR) is 129 cm³/mol. The summed E-state index contributed by atoms with van der Waals surface area (Å²) in [6, 6.07) is 6.51. The van der Waals surface area contributed by atoms with E-state index < -0.39 is 0 Å². The number of hydrogen-bond acceptors (Lipinski definition) is 5. The average molecular weight is 437 g/mol. The second-order valence-corrected chi connectivity index (χ2v) is 8.04. The van der Waals surface area contributed by atoms with E-state index >= 15 is 0 Å². The van der Waals surface area contributed by atoms with Gasteiger partial charge in [0.2, 0.25) is 0 Å². The number of aromatic hydroxyl groups is 2. The van der Waals surface area contributed by atoms with Gasteiger partial charge in [0.05, 0.1) is 19.8 Å². The highest BCUT2D eigenvalue weighted by Crippen LogP contribution is 2.37. The Morgan fingerprint density at radius 1 is 0.938 bits per heavy atom. The van der Waals surface area contributed by atoms with E-state index in [1.165, 1.54) is 19.3 Å². The van der Waals surface area contributed by atoms with Gasteiger partial charge >= 0.3 is 0 Å². The van der Waals surface area contributed by atoms with Crippen LogP contribution in [0.25, 0.3) is 6.08 Å². The Hall–Kier alpha value is -3.47. The monoisotopic (exact) mass is 436 g/mol. The minimum absolute atomic E-state index is 0.0246. The molecule has 0 spiro atoms. The molecule has 2 N–H and O–H groups in total. The molecule has 0 aliphatic heterocycles. The van der Waals surface area contributed by atoms with E-state index in [0.29, 0.717) is 35.5 Å². The Balaban J connectivity index is 2.53. The van der Waals surface area contributed by atoms with E-state index in [1.807, 2.05) is 33.8 Å². The summed E-state index contributed by atoms with van der Waals surface area (Å²) in [7, 11) is 3.04. The van der Waals surface area contributed by atoms with Crippen LogP contribution in [0.2, 0.25) is 0 Å². The first-order valence-corrected chi connectivity index (χ1v) is 10.5. The normalized spacial score (nSPS) is 10.7. The molecule has 32 heavy (non-hydrogen) atoms. The molecular formula is C27H32O5. The van der Waals surface area contributed by atoms with Gasteiger partial charge in [0, 0.05) is 5.56 Å². The molecule has 2 aromatic rings. The zero-order chi connectivity index (χ0) is 23.8. The number of phenolic OH excluding ortho intramolecular Hbond substituents is 2. The fourth-order valence-electron chi connectivity index (χ4n) is 3.24. The summed E-state index contributed by atoms with van der Waals surface area (Å²) < 4.78 is 10.7. The third kappa shape index (κ3) is 6.27. The van der Waals surface area contributed by atoms with E-state index in [0.717, 1.165) is 16.7 Å². The lowest BCUT2D eigenvalue weighted by Gasteiger charge is -2.17. The number of carbonyl (C=O) groups excluding carboxylic acids is 1. The largest absolute Gasteiger partial charge is 0.507 e. The molecule has 2 aromatic carbocycles. The highest BCUT2D eigenvalue weighted by molar-refractivity contribution is 6.09. The molecule has 0 aliphatic carbocycles. The van der Waals surface area contributed by atoms with Crippen molar-refractivity contribution in [1.82, 2.24) is 0 Å². The minimum atomic E-state index is -0.325. The van der Waals surface area contributed by atoms with Crippen LogP contribution in [0.1, 0.15) is 54.7 Å². The van der Waals surface area contributed by atoms with Crippen molar-refractivity contribution in [3.05, 3.63) is 75.9 Å². The molecule has 0 saturated heterocycles. The minimum Gasteiger partial charge on any atom is -0.507 e. The fraction of sp³-hybridized carbons (Fsp3) is 0.296. The number of ketones is 1. The number of rotatable bonds is 9. The maximum atomic E-state index is 13.0. The summed E-state index contributed by atoms with van der Waals surface area (Å²) in [5, 5.41) is 20.7. The molecule has 0 heterocycles. The summed E-state index contributed by atoms with van der Waals surface area (Å²) in [6.45, 7) is 7.99. The van der Waals surface area contributed by atoms with Crippen molar-refractivity contribution < 1.29 is 24.5 Å². The van der Waals surface area contributed by atoms with Gasteiger partial charge in [0.25, 0.3) is 0 Å². The Kier molecular flexibility index (Phi) is 8.71. The summed E-state index contributed by atoms with van der Waals surface area (Å²) in [4.78, 5) is 13.0. The maximum Gasteiger partial charge on any atom is 0.189 e. The number of hydrogen-bond donors (Lipinski definition) is 2. The standard InChI is InChI=1S/C27H32O5/c1-17(2)7-11-20-16-22(26(30)21(27(20)32-6)12-8-18(3)4)23(28)13-9-19-10-14-24(29)25(15-19)31-5/h7-10,13-16,29-30H,11-12H2,1-6H3/b13-9+. The van der Waals surface area contributed by atoms with Crippen LogP contribution >= 0.6 is 0 Å².